The predicted octanol–water partition coefficient (Wildman–Crippen LogP) is 3.31. The highest BCUT2D eigenvalue weighted by Crippen LogP contribution is 2.31. The van der Waals surface area contributed by atoms with Gasteiger partial charge in [0.25, 0.3) is 5.95 Å². The second-order valence-corrected chi connectivity index (χ2v) is 5.36. The van der Waals surface area contributed by atoms with E-state index in [9.17, 15) is 0 Å². The van der Waals surface area contributed by atoms with Crippen LogP contribution in [-0.2, 0) is 0 Å². The van der Waals surface area contributed by atoms with Crippen LogP contribution in [0, 0.1) is 0 Å². The molecule has 0 saturated carbocycles. The average Bonchev–Trinajstić information content (AvgIpc) is 2.96. The highest BCUT2D eigenvalue weighted by Gasteiger charge is 2.11. The van der Waals surface area contributed by atoms with Crippen LogP contribution in [0.15, 0.2) is 35.3 Å². The molecule has 0 saturated heterocycles. The van der Waals surface area contributed by atoms with Gasteiger partial charge in [-0.15, -0.1) is 0 Å². The third-order valence-corrected chi connectivity index (χ3v) is 3.27. The fourth-order valence-corrected chi connectivity index (χ4v) is 2.08. The Kier molecular flexibility index (Phi) is 4.00. The molecule has 1 aromatic carbocycles. The maximum atomic E-state index is 6.05. The molecule has 0 atom stereocenters. The van der Waals surface area contributed by atoms with Crippen LogP contribution >= 0.6 is 39.1 Å². The number of hydrogen-bond donors (Lipinski definition) is 0. The first kappa shape index (κ1) is 14.2. The minimum Gasteiger partial charge on any atom is -0.423 e. The molecule has 2 aromatic heterocycles. The summed E-state index contributed by atoms with van der Waals surface area (Å²) in [5.74, 6) is 0.575. The van der Waals surface area contributed by atoms with Crippen LogP contribution in [0.5, 0.6) is 11.8 Å². The lowest BCUT2D eigenvalue weighted by atomic mass is 10.3. The third kappa shape index (κ3) is 3.29. The van der Waals surface area contributed by atoms with Gasteiger partial charge in [-0.3, -0.25) is 0 Å². The Morgan fingerprint density at radius 1 is 1.14 bits per heavy atom. The molecule has 7 nitrogen and oxygen atoms in total. The van der Waals surface area contributed by atoms with Crippen molar-refractivity contribution in [1.29, 1.82) is 0 Å². The van der Waals surface area contributed by atoms with Gasteiger partial charge in [-0.1, -0.05) is 27.5 Å². The molecule has 3 aromatic rings. The normalized spacial score (nSPS) is 10.6. The van der Waals surface area contributed by atoms with Gasteiger partial charge in [0, 0.05) is 4.47 Å². The number of aromatic nitrogens is 6. The molecule has 10 heteroatoms. The summed E-state index contributed by atoms with van der Waals surface area (Å²) in [6.45, 7) is 0. The van der Waals surface area contributed by atoms with E-state index in [1.54, 1.807) is 18.2 Å². The van der Waals surface area contributed by atoms with Gasteiger partial charge in [0.1, 0.15) is 12.7 Å². The zero-order valence-electron chi connectivity index (χ0n) is 10.1. The predicted molar refractivity (Wildman–Crippen MR) is 79.0 cm³/mol. The molecule has 0 aliphatic heterocycles. The number of nitrogens with zero attached hydrogens (tertiary/aromatic N) is 6. The van der Waals surface area contributed by atoms with E-state index in [0.29, 0.717) is 10.8 Å². The van der Waals surface area contributed by atoms with Gasteiger partial charge in [-0.2, -0.15) is 24.7 Å². The molecule has 0 unspecified atom stereocenters. The van der Waals surface area contributed by atoms with E-state index in [1.807, 2.05) is 0 Å². The van der Waals surface area contributed by atoms with E-state index in [1.165, 1.54) is 17.3 Å². The number of benzene rings is 1. The summed E-state index contributed by atoms with van der Waals surface area (Å²) in [6.07, 6.45) is 2.78. The van der Waals surface area contributed by atoms with Crippen LogP contribution in [0.1, 0.15) is 0 Å². The van der Waals surface area contributed by atoms with E-state index in [-0.39, 0.29) is 17.2 Å². The van der Waals surface area contributed by atoms with E-state index in [4.69, 9.17) is 27.9 Å². The van der Waals surface area contributed by atoms with Gasteiger partial charge in [0.05, 0.1) is 5.02 Å². The Hall–Kier alpha value is -1.77. The maximum Gasteiger partial charge on any atom is 0.328 e. The van der Waals surface area contributed by atoms with Crippen LogP contribution in [0.2, 0.25) is 10.3 Å². The molecule has 106 valence electrons. The van der Waals surface area contributed by atoms with E-state index in [0.717, 1.165) is 4.47 Å². The topological polar surface area (TPSA) is 78.6 Å². The number of ether oxygens (including phenoxy) is 1. The molecule has 0 spiro atoms. The Labute approximate surface area is 137 Å². The molecular weight excluding hydrogens is 383 g/mol. The molecule has 0 N–H and O–H groups in total. The van der Waals surface area contributed by atoms with Gasteiger partial charge in [-0.05, 0) is 29.8 Å². The second kappa shape index (κ2) is 5.92. The van der Waals surface area contributed by atoms with Crippen molar-refractivity contribution >= 4 is 39.1 Å². The smallest absolute Gasteiger partial charge is 0.328 e. The molecule has 0 radical (unpaired) electrons. The van der Waals surface area contributed by atoms with Crippen molar-refractivity contribution in [2.24, 2.45) is 0 Å². The highest BCUT2D eigenvalue weighted by atomic mass is 79.9. The molecule has 0 fully saturated rings. The molecule has 0 amide bonds. The standard InChI is InChI=1S/C11H5BrCl2N6O/c12-6-1-2-7(13)8(3-6)21-11-18-9(14)17-10(19-11)20-5-15-4-16-20/h1-5H. The quantitative estimate of drug-likeness (QED) is 0.685. The van der Waals surface area contributed by atoms with Crippen LogP contribution in [0.25, 0.3) is 5.95 Å². The fraction of sp³-hybridized carbons (Fsp3) is 0. The average molecular weight is 388 g/mol. The first-order valence-electron chi connectivity index (χ1n) is 5.51. The van der Waals surface area contributed by atoms with Crippen molar-refractivity contribution in [2.75, 3.05) is 0 Å². The van der Waals surface area contributed by atoms with Gasteiger partial charge < -0.3 is 4.74 Å². The Balaban J connectivity index is 1.97. The largest absolute Gasteiger partial charge is 0.423 e. The summed E-state index contributed by atoms with van der Waals surface area (Å²) < 4.78 is 7.68. The summed E-state index contributed by atoms with van der Waals surface area (Å²) in [7, 11) is 0. The molecule has 21 heavy (non-hydrogen) atoms. The van der Waals surface area contributed by atoms with E-state index >= 15 is 0 Å². The summed E-state index contributed by atoms with van der Waals surface area (Å²) >= 11 is 15.2. The van der Waals surface area contributed by atoms with Crippen LogP contribution in [-0.4, -0.2) is 29.7 Å². The summed E-state index contributed by atoms with van der Waals surface area (Å²) in [5, 5.41) is 4.30. The number of halogens is 3. The van der Waals surface area contributed by atoms with Gasteiger partial charge in [-0.25, -0.2) is 4.98 Å². The highest BCUT2D eigenvalue weighted by molar-refractivity contribution is 9.10. The SMILES string of the molecule is Clc1nc(Oc2cc(Br)ccc2Cl)nc(-n2cncn2)n1. The van der Waals surface area contributed by atoms with Crippen molar-refractivity contribution in [3.8, 4) is 17.7 Å². The fourth-order valence-electron chi connectivity index (χ4n) is 1.44. The Morgan fingerprint density at radius 3 is 2.76 bits per heavy atom. The lowest BCUT2D eigenvalue weighted by Gasteiger charge is -2.07. The molecule has 3 rings (SSSR count). The van der Waals surface area contributed by atoms with Crippen molar-refractivity contribution in [3.05, 3.63) is 45.6 Å². The first-order chi connectivity index (χ1) is 10.1. The van der Waals surface area contributed by atoms with Crippen LogP contribution < -0.4 is 4.74 Å². The van der Waals surface area contributed by atoms with Crippen LogP contribution in [0.4, 0.5) is 0 Å². The summed E-state index contributed by atoms with van der Waals surface area (Å²) in [5.41, 5.74) is 0. The van der Waals surface area contributed by atoms with Gasteiger partial charge in [0.15, 0.2) is 5.75 Å². The zero-order valence-corrected chi connectivity index (χ0v) is 13.2. The van der Waals surface area contributed by atoms with Crippen molar-refractivity contribution in [1.82, 2.24) is 29.7 Å². The lowest BCUT2D eigenvalue weighted by Crippen LogP contribution is -2.05. The van der Waals surface area contributed by atoms with E-state index < -0.39 is 0 Å². The van der Waals surface area contributed by atoms with Crippen LogP contribution in [0.3, 0.4) is 0 Å². The minimum absolute atomic E-state index is 0.000463. The Bertz CT molecular complexity index is 782. The molecule has 0 aliphatic rings. The van der Waals surface area contributed by atoms with Crippen molar-refractivity contribution in [2.45, 2.75) is 0 Å². The van der Waals surface area contributed by atoms with Gasteiger partial charge >= 0.3 is 6.01 Å². The molecule has 0 aliphatic carbocycles. The zero-order chi connectivity index (χ0) is 14.8. The van der Waals surface area contributed by atoms with Gasteiger partial charge in [0.2, 0.25) is 5.28 Å². The first-order valence-corrected chi connectivity index (χ1v) is 7.06. The maximum absolute atomic E-state index is 6.05. The number of hydrogen-bond acceptors (Lipinski definition) is 6. The van der Waals surface area contributed by atoms with Crippen molar-refractivity contribution in [3.63, 3.8) is 0 Å². The Morgan fingerprint density at radius 2 is 2.00 bits per heavy atom. The summed E-state index contributed by atoms with van der Waals surface area (Å²) in [4.78, 5) is 15.7. The molecule has 0 bridgehead atoms. The molecular formula is C11H5BrCl2N6O. The minimum atomic E-state index is -0.0309. The molecule has 2 heterocycles. The van der Waals surface area contributed by atoms with Crippen molar-refractivity contribution < 1.29 is 4.74 Å². The van der Waals surface area contributed by atoms with E-state index in [2.05, 4.69) is 41.0 Å². The number of rotatable bonds is 3. The third-order valence-electron chi connectivity index (χ3n) is 2.29. The summed E-state index contributed by atoms with van der Waals surface area (Å²) in [6, 6.07) is 5.16. The monoisotopic (exact) mass is 386 g/mol. The second-order valence-electron chi connectivity index (χ2n) is 3.70. The lowest BCUT2D eigenvalue weighted by molar-refractivity contribution is 0.437.